The molecule has 2 atom stereocenters. The Morgan fingerprint density at radius 1 is 0.860 bits per heavy atom. The van der Waals surface area contributed by atoms with Crippen molar-refractivity contribution in [3.05, 3.63) is 52.5 Å². The normalized spacial score (nSPS) is 18.3. The molecule has 2 unspecified atom stereocenters. The Morgan fingerprint density at radius 3 is 2.35 bits per heavy atom. The molecular formula is C34H46F5NO3. The van der Waals surface area contributed by atoms with Gasteiger partial charge in [0.05, 0.1) is 24.7 Å². The summed E-state index contributed by atoms with van der Waals surface area (Å²) in [6.45, 7) is 5.82. The van der Waals surface area contributed by atoms with Gasteiger partial charge in [0.25, 0.3) is 5.92 Å². The minimum atomic E-state index is -3.79. The summed E-state index contributed by atoms with van der Waals surface area (Å²) in [6, 6.07) is 3.61. The number of benzene rings is 1. The van der Waals surface area contributed by atoms with Gasteiger partial charge in [0, 0.05) is 31.3 Å². The first-order valence-electron chi connectivity index (χ1n) is 16.2. The maximum Gasteiger partial charge on any atom is 0.284 e. The lowest BCUT2D eigenvalue weighted by atomic mass is 9.77. The van der Waals surface area contributed by atoms with E-state index >= 15 is 17.6 Å². The van der Waals surface area contributed by atoms with Gasteiger partial charge in [-0.3, -0.25) is 0 Å². The standard InChI is InChI=1S/C34H46F5NO3/c1-3-5-8-18-41-19-10-21-42-28-17-15-26(31(35)32(28)36)27-16-14-25-22-29(40-33(37)30(25)34(27,38)39)43-20-9-6-7-11-23(4-2)24-12-13-24/h15,17,22-24,27H,3-14,16,18-21H2,1-2H3. The average molecular weight is 612 g/mol. The molecule has 0 amide bonds. The summed E-state index contributed by atoms with van der Waals surface area (Å²) >= 11 is 0. The Kier molecular flexibility index (Phi) is 12.5. The third-order valence-electron chi connectivity index (χ3n) is 8.82. The van der Waals surface area contributed by atoms with Crippen molar-refractivity contribution >= 4 is 0 Å². The lowest BCUT2D eigenvalue weighted by Gasteiger charge is -2.34. The predicted octanol–water partition coefficient (Wildman–Crippen LogP) is 9.67. The van der Waals surface area contributed by atoms with Crippen molar-refractivity contribution in [2.75, 3.05) is 26.4 Å². The number of aromatic nitrogens is 1. The van der Waals surface area contributed by atoms with E-state index in [1.54, 1.807) is 0 Å². The van der Waals surface area contributed by atoms with E-state index in [-0.39, 0.29) is 36.6 Å². The van der Waals surface area contributed by atoms with Gasteiger partial charge in [-0.1, -0.05) is 58.4 Å². The van der Waals surface area contributed by atoms with E-state index in [9.17, 15) is 4.39 Å². The highest BCUT2D eigenvalue weighted by Gasteiger charge is 2.50. The lowest BCUT2D eigenvalue weighted by molar-refractivity contribution is -0.0487. The van der Waals surface area contributed by atoms with Crippen LogP contribution in [0.3, 0.4) is 0 Å². The highest BCUT2D eigenvalue weighted by molar-refractivity contribution is 5.42. The molecule has 0 bridgehead atoms. The summed E-state index contributed by atoms with van der Waals surface area (Å²) in [5.41, 5.74) is -1.30. The van der Waals surface area contributed by atoms with Crippen LogP contribution < -0.4 is 9.47 Å². The zero-order chi connectivity index (χ0) is 30.8. The van der Waals surface area contributed by atoms with Gasteiger partial charge in [-0.05, 0) is 62.0 Å². The minimum Gasteiger partial charge on any atom is -0.490 e. The summed E-state index contributed by atoms with van der Waals surface area (Å²) in [6.07, 6.45) is 11.5. The number of fused-ring (bicyclic) bond motifs is 1. The quantitative estimate of drug-likeness (QED) is 0.0901. The van der Waals surface area contributed by atoms with E-state index in [4.69, 9.17) is 14.2 Å². The number of aryl methyl sites for hydroxylation is 1. The van der Waals surface area contributed by atoms with Crippen molar-refractivity contribution in [3.63, 3.8) is 0 Å². The van der Waals surface area contributed by atoms with E-state index in [2.05, 4.69) is 18.8 Å². The SMILES string of the molecule is CCCCCOCCCOc1ccc(C2CCc3cc(OCCCCCC(CC)C4CC4)nc(F)c3C2(F)F)c(F)c1F. The van der Waals surface area contributed by atoms with E-state index in [1.165, 1.54) is 31.7 Å². The minimum absolute atomic E-state index is 0.0278. The molecule has 2 aromatic rings. The number of ether oxygens (including phenoxy) is 3. The van der Waals surface area contributed by atoms with Crippen LogP contribution in [-0.4, -0.2) is 31.4 Å². The Balaban J connectivity index is 1.31. The van der Waals surface area contributed by atoms with Crippen molar-refractivity contribution in [1.29, 1.82) is 0 Å². The van der Waals surface area contributed by atoms with Gasteiger partial charge in [-0.15, -0.1) is 0 Å². The molecule has 1 fully saturated rings. The number of pyridine rings is 1. The van der Waals surface area contributed by atoms with E-state index in [1.807, 2.05) is 0 Å². The molecule has 1 aromatic carbocycles. The van der Waals surface area contributed by atoms with Crippen LogP contribution in [0.25, 0.3) is 0 Å². The fraction of sp³-hybridized carbons (Fsp3) is 0.676. The fourth-order valence-corrected chi connectivity index (χ4v) is 6.20. The first-order chi connectivity index (χ1) is 20.8. The van der Waals surface area contributed by atoms with Crippen LogP contribution in [0.1, 0.15) is 114 Å². The van der Waals surface area contributed by atoms with Crippen LogP contribution in [0.2, 0.25) is 0 Å². The Hall–Kier alpha value is -2.42. The smallest absolute Gasteiger partial charge is 0.284 e. The molecule has 0 spiro atoms. The summed E-state index contributed by atoms with van der Waals surface area (Å²) in [5, 5.41) is 0. The molecule has 4 nitrogen and oxygen atoms in total. The van der Waals surface area contributed by atoms with E-state index in [0.29, 0.717) is 26.2 Å². The molecule has 0 radical (unpaired) electrons. The number of halogens is 5. The number of hydrogen-bond acceptors (Lipinski definition) is 4. The van der Waals surface area contributed by atoms with E-state index in [0.717, 1.165) is 62.5 Å². The van der Waals surface area contributed by atoms with Crippen molar-refractivity contribution in [2.24, 2.45) is 11.8 Å². The Bertz CT molecular complexity index is 1170. The summed E-state index contributed by atoms with van der Waals surface area (Å²) in [7, 11) is 0. The third kappa shape index (κ3) is 8.83. The molecule has 1 saturated carbocycles. The Morgan fingerprint density at radius 2 is 1.60 bits per heavy atom. The summed E-state index contributed by atoms with van der Waals surface area (Å²) in [4.78, 5) is 3.66. The van der Waals surface area contributed by atoms with Crippen LogP contribution in [-0.2, 0) is 17.1 Å². The highest BCUT2D eigenvalue weighted by Crippen LogP contribution is 2.51. The molecule has 1 heterocycles. The van der Waals surface area contributed by atoms with Gasteiger partial charge in [0.2, 0.25) is 17.6 Å². The monoisotopic (exact) mass is 611 g/mol. The van der Waals surface area contributed by atoms with Crippen molar-refractivity contribution in [3.8, 4) is 11.6 Å². The molecule has 0 N–H and O–H groups in total. The van der Waals surface area contributed by atoms with Crippen molar-refractivity contribution in [2.45, 2.75) is 109 Å². The maximum atomic E-state index is 15.6. The van der Waals surface area contributed by atoms with Crippen LogP contribution >= 0.6 is 0 Å². The van der Waals surface area contributed by atoms with Gasteiger partial charge < -0.3 is 14.2 Å². The number of rotatable bonds is 19. The van der Waals surface area contributed by atoms with Crippen LogP contribution in [0.4, 0.5) is 22.0 Å². The zero-order valence-electron chi connectivity index (χ0n) is 25.5. The van der Waals surface area contributed by atoms with Gasteiger partial charge in [-0.2, -0.15) is 13.8 Å². The largest absolute Gasteiger partial charge is 0.490 e. The Labute approximate surface area is 252 Å². The molecule has 2 aliphatic carbocycles. The van der Waals surface area contributed by atoms with Gasteiger partial charge >= 0.3 is 0 Å². The molecule has 1 aromatic heterocycles. The van der Waals surface area contributed by atoms with E-state index < -0.39 is 40.5 Å². The second kappa shape index (κ2) is 16.1. The molecular weight excluding hydrogens is 565 g/mol. The second-order valence-corrected chi connectivity index (χ2v) is 12.0. The number of nitrogens with zero attached hydrogens (tertiary/aromatic N) is 1. The first-order valence-corrected chi connectivity index (χ1v) is 16.2. The third-order valence-corrected chi connectivity index (χ3v) is 8.82. The second-order valence-electron chi connectivity index (χ2n) is 12.0. The number of hydrogen-bond donors (Lipinski definition) is 0. The summed E-state index contributed by atoms with van der Waals surface area (Å²) in [5.74, 6) is -8.29. The fourth-order valence-electron chi connectivity index (χ4n) is 6.20. The van der Waals surface area contributed by atoms with Gasteiger partial charge in [0.15, 0.2) is 11.6 Å². The van der Waals surface area contributed by atoms with Crippen molar-refractivity contribution in [1.82, 2.24) is 4.98 Å². The summed E-state index contributed by atoms with van der Waals surface area (Å²) < 4.78 is 92.6. The maximum absolute atomic E-state index is 15.6. The first kappa shape index (κ1) is 33.5. The van der Waals surface area contributed by atoms with Crippen LogP contribution in [0, 0.1) is 29.4 Å². The molecule has 4 rings (SSSR count). The zero-order valence-corrected chi connectivity index (χ0v) is 25.5. The molecule has 2 aliphatic rings. The number of alkyl halides is 2. The van der Waals surface area contributed by atoms with Gasteiger partial charge in [0.1, 0.15) is 0 Å². The molecule has 0 saturated heterocycles. The lowest BCUT2D eigenvalue weighted by Crippen LogP contribution is -2.32. The highest BCUT2D eigenvalue weighted by atomic mass is 19.3. The molecule has 240 valence electrons. The molecule has 43 heavy (non-hydrogen) atoms. The number of unbranched alkanes of at least 4 members (excludes halogenated alkanes) is 4. The average Bonchev–Trinajstić information content (AvgIpc) is 3.82. The topological polar surface area (TPSA) is 40.6 Å². The van der Waals surface area contributed by atoms with Crippen LogP contribution in [0.5, 0.6) is 11.6 Å². The molecule has 0 aliphatic heterocycles. The van der Waals surface area contributed by atoms with Crippen molar-refractivity contribution < 1.29 is 36.2 Å². The molecule has 9 heteroatoms. The van der Waals surface area contributed by atoms with Gasteiger partial charge in [-0.25, -0.2) is 13.2 Å². The van der Waals surface area contributed by atoms with Crippen LogP contribution in [0.15, 0.2) is 18.2 Å². The predicted molar refractivity (Wildman–Crippen MR) is 156 cm³/mol.